The fourth-order valence-electron chi connectivity index (χ4n) is 2.10. The van der Waals surface area contributed by atoms with Crippen molar-refractivity contribution in [3.63, 3.8) is 0 Å². The maximum Gasteiger partial charge on any atom is 0.165 e. The Morgan fingerprint density at radius 2 is 0.955 bits per heavy atom. The molecule has 0 unspecified atom stereocenters. The van der Waals surface area contributed by atoms with Crippen LogP contribution in [0.25, 0.3) is 11.1 Å². The first-order chi connectivity index (χ1) is 10.5. The number of hydrogen-bond donors (Lipinski definition) is 0. The Balaban J connectivity index is 2.81. The van der Waals surface area contributed by atoms with Crippen LogP contribution >= 0.6 is 0 Å². The first kappa shape index (κ1) is 16.1. The molecule has 118 valence electrons. The summed E-state index contributed by atoms with van der Waals surface area (Å²) in [5, 5.41) is 0. The van der Waals surface area contributed by atoms with Gasteiger partial charge in [0.15, 0.2) is 23.1 Å². The summed E-state index contributed by atoms with van der Waals surface area (Å²) in [5.41, 5.74) is -0.996. The van der Waals surface area contributed by atoms with Crippen LogP contribution in [0.15, 0.2) is 24.3 Å². The average molecular weight is 314 g/mol. The Kier molecular flexibility index (Phi) is 4.90. The summed E-state index contributed by atoms with van der Waals surface area (Å²) in [5.74, 6) is -4.57. The molecule has 0 aliphatic rings. The third kappa shape index (κ3) is 2.86. The number of rotatable bonds is 5. The van der Waals surface area contributed by atoms with Gasteiger partial charge in [-0.15, -0.1) is 0 Å². The Morgan fingerprint density at radius 3 is 1.27 bits per heavy atom. The molecular weight excluding hydrogens is 300 g/mol. The molecule has 0 bridgehead atoms. The molecule has 2 aromatic rings. The molecule has 0 heterocycles. The molecule has 0 aliphatic heterocycles. The Morgan fingerprint density at radius 1 is 0.636 bits per heavy atom. The van der Waals surface area contributed by atoms with E-state index in [2.05, 4.69) is 0 Å². The van der Waals surface area contributed by atoms with Crippen LogP contribution in [0.3, 0.4) is 0 Å². The topological polar surface area (TPSA) is 18.5 Å². The molecule has 0 amide bonds. The highest BCUT2D eigenvalue weighted by molar-refractivity contribution is 5.77. The molecule has 2 nitrogen and oxygen atoms in total. The summed E-state index contributed by atoms with van der Waals surface area (Å²) < 4.78 is 66.3. The molecule has 0 saturated heterocycles. The van der Waals surface area contributed by atoms with Gasteiger partial charge < -0.3 is 9.47 Å². The van der Waals surface area contributed by atoms with Crippen molar-refractivity contribution in [2.75, 3.05) is 13.2 Å². The van der Waals surface area contributed by atoms with Gasteiger partial charge >= 0.3 is 0 Å². The zero-order valence-corrected chi connectivity index (χ0v) is 12.1. The molecule has 0 spiro atoms. The first-order valence-corrected chi connectivity index (χ1v) is 6.73. The van der Waals surface area contributed by atoms with Gasteiger partial charge in [0.25, 0.3) is 0 Å². The van der Waals surface area contributed by atoms with Crippen LogP contribution in [-0.4, -0.2) is 13.2 Å². The standard InChI is InChI=1S/C16H14F4O2/c1-3-21-15-11(19)7-5-9(17)13(15)14-10(18)6-8-12(20)16(14)22-4-2/h5-8H,3-4H2,1-2H3. The fraction of sp³-hybridized carbons (Fsp3) is 0.250. The van der Waals surface area contributed by atoms with Crippen molar-refractivity contribution in [3.8, 4) is 22.6 Å². The van der Waals surface area contributed by atoms with Crippen molar-refractivity contribution in [2.45, 2.75) is 13.8 Å². The molecule has 0 fully saturated rings. The van der Waals surface area contributed by atoms with Gasteiger partial charge in [-0.25, -0.2) is 17.6 Å². The minimum Gasteiger partial charge on any atom is -0.490 e. The predicted octanol–water partition coefficient (Wildman–Crippen LogP) is 4.71. The lowest BCUT2D eigenvalue weighted by Gasteiger charge is -2.16. The molecule has 0 atom stereocenters. The average Bonchev–Trinajstić information content (AvgIpc) is 2.49. The van der Waals surface area contributed by atoms with Crippen LogP contribution in [0.2, 0.25) is 0 Å². The van der Waals surface area contributed by atoms with E-state index in [-0.39, 0.29) is 13.2 Å². The summed E-state index contributed by atoms with van der Waals surface area (Å²) in [4.78, 5) is 0. The smallest absolute Gasteiger partial charge is 0.165 e. The molecule has 0 N–H and O–H groups in total. The lowest BCUT2D eigenvalue weighted by molar-refractivity contribution is 0.314. The minimum absolute atomic E-state index is 0.0360. The number of ether oxygens (including phenoxy) is 2. The van der Waals surface area contributed by atoms with Gasteiger partial charge in [0.1, 0.15) is 11.6 Å². The molecule has 0 aromatic heterocycles. The van der Waals surface area contributed by atoms with E-state index in [4.69, 9.17) is 9.47 Å². The van der Waals surface area contributed by atoms with Crippen LogP contribution < -0.4 is 9.47 Å². The SMILES string of the molecule is CCOc1c(F)ccc(F)c1-c1c(F)ccc(F)c1OCC. The minimum atomic E-state index is -0.935. The summed E-state index contributed by atoms with van der Waals surface area (Å²) in [6.45, 7) is 3.21. The third-order valence-corrected chi connectivity index (χ3v) is 2.94. The highest BCUT2D eigenvalue weighted by Gasteiger charge is 2.25. The van der Waals surface area contributed by atoms with Crippen molar-refractivity contribution in [1.82, 2.24) is 0 Å². The largest absolute Gasteiger partial charge is 0.490 e. The van der Waals surface area contributed by atoms with E-state index in [1.165, 1.54) is 0 Å². The van der Waals surface area contributed by atoms with Crippen molar-refractivity contribution in [3.05, 3.63) is 47.5 Å². The lowest BCUT2D eigenvalue weighted by atomic mass is 10.0. The van der Waals surface area contributed by atoms with E-state index in [1.807, 2.05) is 0 Å². The van der Waals surface area contributed by atoms with Crippen molar-refractivity contribution < 1.29 is 27.0 Å². The fourth-order valence-corrected chi connectivity index (χ4v) is 2.10. The molecule has 0 saturated carbocycles. The molecule has 6 heteroatoms. The van der Waals surface area contributed by atoms with Crippen LogP contribution in [0, 0.1) is 23.3 Å². The third-order valence-electron chi connectivity index (χ3n) is 2.94. The Bertz CT molecular complexity index is 627. The quantitative estimate of drug-likeness (QED) is 0.744. The highest BCUT2D eigenvalue weighted by atomic mass is 19.1. The van der Waals surface area contributed by atoms with E-state index < -0.39 is 45.9 Å². The van der Waals surface area contributed by atoms with Gasteiger partial charge in [0.2, 0.25) is 0 Å². The molecule has 0 aliphatic carbocycles. The Labute approximate surface area is 125 Å². The summed E-state index contributed by atoms with van der Waals surface area (Å²) in [6.07, 6.45) is 0. The maximum atomic E-state index is 14.2. The van der Waals surface area contributed by atoms with Crippen molar-refractivity contribution >= 4 is 0 Å². The Hall–Kier alpha value is -2.24. The van der Waals surface area contributed by atoms with E-state index in [9.17, 15) is 17.6 Å². The second kappa shape index (κ2) is 6.68. The summed E-state index contributed by atoms with van der Waals surface area (Å²) >= 11 is 0. The first-order valence-electron chi connectivity index (χ1n) is 6.73. The van der Waals surface area contributed by atoms with E-state index in [0.717, 1.165) is 24.3 Å². The van der Waals surface area contributed by atoms with Crippen molar-refractivity contribution in [1.29, 1.82) is 0 Å². The summed E-state index contributed by atoms with van der Waals surface area (Å²) in [7, 11) is 0. The van der Waals surface area contributed by atoms with E-state index >= 15 is 0 Å². The zero-order valence-electron chi connectivity index (χ0n) is 12.1. The lowest BCUT2D eigenvalue weighted by Crippen LogP contribution is -2.04. The zero-order chi connectivity index (χ0) is 16.3. The van der Waals surface area contributed by atoms with Gasteiger partial charge in [0.05, 0.1) is 24.3 Å². The van der Waals surface area contributed by atoms with Crippen LogP contribution in [0.5, 0.6) is 11.5 Å². The number of benzene rings is 2. The van der Waals surface area contributed by atoms with Gasteiger partial charge in [0, 0.05) is 0 Å². The molecular formula is C16H14F4O2. The second-order valence-corrected chi connectivity index (χ2v) is 4.33. The van der Waals surface area contributed by atoms with Crippen LogP contribution in [0.4, 0.5) is 17.6 Å². The predicted molar refractivity (Wildman–Crippen MR) is 74.0 cm³/mol. The molecule has 22 heavy (non-hydrogen) atoms. The van der Waals surface area contributed by atoms with Gasteiger partial charge in [-0.05, 0) is 38.1 Å². The normalized spacial score (nSPS) is 10.6. The molecule has 2 rings (SSSR count). The van der Waals surface area contributed by atoms with Crippen molar-refractivity contribution in [2.24, 2.45) is 0 Å². The van der Waals surface area contributed by atoms with Crippen LogP contribution in [-0.2, 0) is 0 Å². The van der Waals surface area contributed by atoms with Crippen LogP contribution in [0.1, 0.15) is 13.8 Å². The van der Waals surface area contributed by atoms with E-state index in [1.54, 1.807) is 13.8 Å². The summed E-state index contributed by atoms with van der Waals surface area (Å²) in [6, 6.07) is 3.38. The van der Waals surface area contributed by atoms with Gasteiger partial charge in [-0.2, -0.15) is 0 Å². The number of hydrogen-bond acceptors (Lipinski definition) is 2. The van der Waals surface area contributed by atoms with Gasteiger partial charge in [-0.3, -0.25) is 0 Å². The molecule has 0 radical (unpaired) electrons. The second-order valence-electron chi connectivity index (χ2n) is 4.33. The highest BCUT2D eigenvalue weighted by Crippen LogP contribution is 2.42. The number of halogens is 4. The molecule has 2 aromatic carbocycles. The maximum absolute atomic E-state index is 14.2. The monoisotopic (exact) mass is 314 g/mol. The van der Waals surface area contributed by atoms with E-state index in [0.29, 0.717) is 0 Å². The van der Waals surface area contributed by atoms with Gasteiger partial charge in [-0.1, -0.05) is 0 Å².